The number of alkyl halides is 4. The zero-order valence-electron chi connectivity index (χ0n) is 19.2. The van der Waals surface area contributed by atoms with E-state index < -0.39 is 58.3 Å². The van der Waals surface area contributed by atoms with Gasteiger partial charge in [0.1, 0.15) is 30.1 Å². The summed E-state index contributed by atoms with van der Waals surface area (Å²) in [7, 11) is -4.30. The van der Waals surface area contributed by atoms with Crippen molar-refractivity contribution >= 4 is 15.9 Å². The topological polar surface area (TPSA) is 105 Å². The lowest BCUT2D eigenvalue weighted by Gasteiger charge is -2.25. The Bertz CT molecular complexity index is 1390. The van der Waals surface area contributed by atoms with Crippen LogP contribution in [0.25, 0.3) is 11.3 Å². The van der Waals surface area contributed by atoms with Crippen LogP contribution in [0.2, 0.25) is 0 Å². The Morgan fingerprint density at radius 3 is 2.43 bits per heavy atom. The lowest BCUT2D eigenvalue weighted by molar-refractivity contribution is -0.141. The molecule has 1 aromatic carbocycles. The molecular weight excluding hydrogens is 521 g/mol. The minimum atomic E-state index is -4.59. The number of benzene rings is 1. The van der Waals surface area contributed by atoms with Crippen molar-refractivity contribution in [1.29, 1.82) is 0 Å². The molecule has 3 atom stereocenters. The van der Waals surface area contributed by atoms with Crippen LogP contribution in [0.3, 0.4) is 0 Å². The number of pyridine rings is 1. The fraction of sp³-hybridized carbons (Fsp3) is 0.304. The maximum atomic E-state index is 14.6. The second-order valence-corrected chi connectivity index (χ2v) is 10.3. The monoisotopic (exact) mass is 541 g/mol. The molecule has 14 heteroatoms. The predicted octanol–water partition coefficient (Wildman–Crippen LogP) is 3.36. The third kappa shape index (κ3) is 5.59. The number of halogens is 5. The lowest BCUT2D eigenvalue weighted by Crippen LogP contribution is -2.48. The van der Waals surface area contributed by atoms with E-state index in [4.69, 9.17) is 0 Å². The van der Waals surface area contributed by atoms with Crippen molar-refractivity contribution in [2.24, 2.45) is 5.92 Å². The van der Waals surface area contributed by atoms with Crippen molar-refractivity contribution in [1.82, 2.24) is 24.6 Å². The normalized spacial score (nSPS) is 20.6. The molecule has 1 aliphatic heterocycles. The van der Waals surface area contributed by atoms with Crippen molar-refractivity contribution in [3.05, 3.63) is 72.2 Å². The average Bonchev–Trinajstić information content (AvgIpc) is 3.17. The van der Waals surface area contributed by atoms with Crippen LogP contribution in [0.1, 0.15) is 18.3 Å². The van der Waals surface area contributed by atoms with Crippen LogP contribution < -0.4 is 5.32 Å². The van der Waals surface area contributed by atoms with Crippen LogP contribution in [0, 0.1) is 11.7 Å². The molecule has 1 saturated heterocycles. The quantitative estimate of drug-likeness (QED) is 0.480. The molecule has 0 spiro atoms. The van der Waals surface area contributed by atoms with Gasteiger partial charge in [-0.25, -0.2) is 27.2 Å². The maximum Gasteiger partial charge on any atom is 0.433 e. The number of carbonyl (C=O) groups excluding carboxylic acids is 1. The van der Waals surface area contributed by atoms with Gasteiger partial charge >= 0.3 is 6.18 Å². The third-order valence-corrected chi connectivity index (χ3v) is 7.80. The third-order valence-electron chi connectivity index (χ3n) is 5.94. The van der Waals surface area contributed by atoms with E-state index in [1.807, 2.05) is 0 Å². The summed E-state index contributed by atoms with van der Waals surface area (Å²) >= 11 is 0. The summed E-state index contributed by atoms with van der Waals surface area (Å²) in [5, 5.41) is 2.54. The Hall–Kier alpha value is -3.52. The smallest absolute Gasteiger partial charge is 0.349 e. The summed E-state index contributed by atoms with van der Waals surface area (Å²) in [5.41, 5.74) is -0.258. The summed E-state index contributed by atoms with van der Waals surface area (Å²) in [6.45, 7) is 0.681. The van der Waals surface area contributed by atoms with E-state index in [2.05, 4.69) is 20.3 Å². The maximum absolute atomic E-state index is 14.6. The van der Waals surface area contributed by atoms with Crippen molar-refractivity contribution < 1.29 is 35.2 Å². The van der Waals surface area contributed by atoms with Crippen LogP contribution in [0.4, 0.5) is 22.0 Å². The molecule has 0 aliphatic carbocycles. The van der Waals surface area contributed by atoms with E-state index in [9.17, 15) is 35.2 Å². The van der Waals surface area contributed by atoms with Crippen molar-refractivity contribution in [2.75, 3.05) is 6.54 Å². The Morgan fingerprint density at radius 1 is 1.11 bits per heavy atom. The molecule has 0 saturated carbocycles. The SMILES string of the molecule is CC1[C@@H](F)CN(S(=O)(=O)c2ccc(F)cc2)[C@H]1C(=O)NCc1cc(-c2ccc(C(F)(F)F)nc2)ncn1. The van der Waals surface area contributed by atoms with E-state index >= 15 is 0 Å². The van der Waals surface area contributed by atoms with Gasteiger partial charge in [0.2, 0.25) is 15.9 Å². The van der Waals surface area contributed by atoms with Crippen LogP contribution in [-0.2, 0) is 27.5 Å². The molecule has 8 nitrogen and oxygen atoms in total. The number of nitrogens with one attached hydrogen (secondary N) is 1. The van der Waals surface area contributed by atoms with Crippen LogP contribution in [0.5, 0.6) is 0 Å². The highest BCUT2D eigenvalue weighted by molar-refractivity contribution is 7.89. The molecular formula is C23H20F5N5O3S. The van der Waals surface area contributed by atoms with E-state index in [0.29, 0.717) is 0 Å². The van der Waals surface area contributed by atoms with E-state index in [-0.39, 0.29) is 28.4 Å². The van der Waals surface area contributed by atoms with E-state index in [0.717, 1.165) is 47.2 Å². The Kier molecular flexibility index (Phi) is 7.24. The van der Waals surface area contributed by atoms with Gasteiger partial charge in [-0.15, -0.1) is 0 Å². The van der Waals surface area contributed by atoms with Gasteiger partial charge in [0.05, 0.1) is 22.8 Å². The molecule has 196 valence electrons. The Balaban J connectivity index is 1.50. The fourth-order valence-corrected chi connectivity index (χ4v) is 5.59. The number of rotatable bonds is 6. The van der Waals surface area contributed by atoms with Gasteiger partial charge < -0.3 is 5.32 Å². The van der Waals surface area contributed by atoms with Crippen molar-refractivity contribution in [2.45, 2.75) is 36.8 Å². The standard InChI is InChI=1S/C23H20F5N5O3S/c1-13-18(25)11-33(37(35,36)17-5-3-15(24)4-6-17)21(13)22(34)30-10-16-8-19(32-12-31-16)14-2-7-20(29-9-14)23(26,27)28/h2-9,12-13,18,21H,10-11H2,1H3,(H,30,34)/t13?,18-,21+/m0/s1. The molecule has 3 aromatic rings. The van der Waals surface area contributed by atoms with Gasteiger partial charge in [0, 0.05) is 24.2 Å². The van der Waals surface area contributed by atoms with Crippen LogP contribution >= 0.6 is 0 Å². The molecule has 4 rings (SSSR count). The summed E-state index contributed by atoms with van der Waals surface area (Å²) < 4.78 is 92.9. The molecule has 1 amide bonds. The number of hydrogen-bond acceptors (Lipinski definition) is 6. The zero-order valence-corrected chi connectivity index (χ0v) is 20.0. The minimum Gasteiger partial charge on any atom is -0.349 e. The first-order chi connectivity index (χ1) is 17.4. The largest absolute Gasteiger partial charge is 0.433 e. The first kappa shape index (κ1) is 26.5. The number of aromatic nitrogens is 3. The zero-order chi connectivity index (χ0) is 27.0. The van der Waals surface area contributed by atoms with Crippen LogP contribution in [-0.4, -0.2) is 52.3 Å². The van der Waals surface area contributed by atoms with Gasteiger partial charge in [-0.05, 0) is 42.5 Å². The molecule has 37 heavy (non-hydrogen) atoms. The number of amides is 1. The highest BCUT2D eigenvalue weighted by atomic mass is 32.2. The minimum absolute atomic E-state index is 0.187. The second-order valence-electron chi connectivity index (χ2n) is 8.39. The molecule has 1 N–H and O–H groups in total. The number of carbonyl (C=O) groups is 1. The number of nitrogens with zero attached hydrogens (tertiary/aromatic N) is 4. The number of hydrogen-bond donors (Lipinski definition) is 1. The highest BCUT2D eigenvalue weighted by Gasteiger charge is 2.49. The summed E-state index contributed by atoms with van der Waals surface area (Å²) in [6.07, 6.45) is -4.04. The lowest BCUT2D eigenvalue weighted by atomic mass is 10.0. The summed E-state index contributed by atoms with van der Waals surface area (Å²) in [6, 6.07) is 6.03. The second kappa shape index (κ2) is 10.1. The fourth-order valence-electron chi connectivity index (χ4n) is 3.92. The Morgan fingerprint density at radius 2 is 1.81 bits per heavy atom. The molecule has 3 heterocycles. The van der Waals surface area contributed by atoms with Gasteiger partial charge in [0.25, 0.3) is 0 Å². The van der Waals surface area contributed by atoms with Crippen molar-refractivity contribution in [3.63, 3.8) is 0 Å². The molecule has 1 aliphatic rings. The number of sulfonamides is 1. The summed E-state index contributed by atoms with van der Waals surface area (Å²) in [5.74, 6) is -2.38. The van der Waals surface area contributed by atoms with Gasteiger partial charge in [-0.2, -0.15) is 17.5 Å². The molecule has 0 bridgehead atoms. The van der Waals surface area contributed by atoms with Crippen LogP contribution in [0.15, 0.2) is 59.9 Å². The van der Waals surface area contributed by atoms with E-state index in [1.54, 1.807) is 0 Å². The first-order valence-corrected chi connectivity index (χ1v) is 12.4. The predicted molar refractivity (Wildman–Crippen MR) is 120 cm³/mol. The molecule has 0 radical (unpaired) electrons. The molecule has 1 fully saturated rings. The first-order valence-electron chi connectivity index (χ1n) is 10.9. The van der Waals surface area contributed by atoms with Gasteiger partial charge in [-0.1, -0.05) is 6.92 Å². The van der Waals surface area contributed by atoms with E-state index in [1.165, 1.54) is 19.1 Å². The molecule has 2 aromatic heterocycles. The highest BCUT2D eigenvalue weighted by Crippen LogP contribution is 2.33. The summed E-state index contributed by atoms with van der Waals surface area (Å²) in [4.78, 5) is 24.1. The molecule has 1 unspecified atom stereocenters. The van der Waals surface area contributed by atoms with Gasteiger partial charge in [-0.3, -0.25) is 9.78 Å². The van der Waals surface area contributed by atoms with Crippen molar-refractivity contribution in [3.8, 4) is 11.3 Å². The average molecular weight is 542 g/mol. The Labute approximate surface area is 208 Å². The van der Waals surface area contributed by atoms with Gasteiger partial charge in [0.15, 0.2) is 0 Å².